The van der Waals surface area contributed by atoms with Crippen LogP contribution in [0.3, 0.4) is 0 Å². The number of hydrogen-bond donors (Lipinski definition) is 0. The fraction of sp³-hybridized carbons (Fsp3) is 0.824. The van der Waals surface area contributed by atoms with Crippen LogP contribution < -0.4 is 0 Å². The number of carbonyl (C=O) groups is 3. The standard InChI is InChI=1S/C17H29NO7/c1-3-5-15(19)23-12-14(13-24-16(20)6-4-2)25-17(21)11-18-7-9-22-10-8-18/h14H,3-13H2,1-2H3. The van der Waals surface area contributed by atoms with E-state index in [0.717, 1.165) is 0 Å². The first-order valence-corrected chi connectivity index (χ1v) is 8.86. The maximum atomic E-state index is 12.1. The van der Waals surface area contributed by atoms with E-state index in [1.54, 1.807) is 0 Å². The summed E-state index contributed by atoms with van der Waals surface area (Å²) in [6.07, 6.45) is 1.14. The molecule has 1 heterocycles. The lowest BCUT2D eigenvalue weighted by atomic mass is 10.3. The smallest absolute Gasteiger partial charge is 0.320 e. The van der Waals surface area contributed by atoms with E-state index in [2.05, 4.69) is 0 Å². The summed E-state index contributed by atoms with van der Waals surface area (Å²) in [5.74, 6) is -1.17. The molecule has 0 saturated carbocycles. The Kier molecular flexibility index (Phi) is 10.8. The van der Waals surface area contributed by atoms with E-state index >= 15 is 0 Å². The number of morpholine rings is 1. The van der Waals surface area contributed by atoms with Crippen LogP contribution in [0.15, 0.2) is 0 Å². The molecule has 8 heteroatoms. The molecule has 1 rings (SSSR count). The zero-order valence-electron chi connectivity index (χ0n) is 15.2. The highest BCUT2D eigenvalue weighted by Gasteiger charge is 2.21. The molecule has 1 aliphatic heterocycles. The molecule has 0 aliphatic carbocycles. The summed E-state index contributed by atoms with van der Waals surface area (Å²) >= 11 is 0. The fourth-order valence-electron chi connectivity index (χ4n) is 2.21. The summed E-state index contributed by atoms with van der Waals surface area (Å²) in [6, 6.07) is 0. The first kappa shape index (κ1) is 21.4. The molecule has 0 amide bonds. The van der Waals surface area contributed by atoms with Crippen molar-refractivity contribution in [1.29, 1.82) is 0 Å². The molecular weight excluding hydrogens is 330 g/mol. The van der Waals surface area contributed by atoms with Crippen molar-refractivity contribution in [3.05, 3.63) is 0 Å². The third kappa shape index (κ3) is 10.0. The van der Waals surface area contributed by atoms with Crippen molar-refractivity contribution in [2.75, 3.05) is 46.1 Å². The van der Waals surface area contributed by atoms with Crippen LogP contribution in [-0.4, -0.2) is 75.0 Å². The Hall–Kier alpha value is -1.67. The van der Waals surface area contributed by atoms with E-state index in [-0.39, 0.29) is 31.7 Å². The van der Waals surface area contributed by atoms with Crippen LogP contribution in [0.4, 0.5) is 0 Å². The highest BCUT2D eigenvalue weighted by molar-refractivity contribution is 5.72. The third-order valence-electron chi connectivity index (χ3n) is 3.52. The van der Waals surface area contributed by atoms with Gasteiger partial charge in [-0.1, -0.05) is 13.8 Å². The van der Waals surface area contributed by atoms with Crippen molar-refractivity contribution in [1.82, 2.24) is 4.90 Å². The Labute approximate surface area is 148 Å². The van der Waals surface area contributed by atoms with Crippen LogP contribution in [0.2, 0.25) is 0 Å². The van der Waals surface area contributed by atoms with Crippen molar-refractivity contribution in [3.63, 3.8) is 0 Å². The summed E-state index contributed by atoms with van der Waals surface area (Å²) in [6.45, 7) is 6.13. The molecule has 0 atom stereocenters. The highest BCUT2D eigenvalue weighted by atomic mass is 16.6. The number of hydrogen-bond acceptors (Lipinski definition) is 8. The van der Waals surface area contributed by atoms with Gasteiger partial charge in [-0.3, -0.25) is 19.3 Å². The molecule has 0 aromatic heterocycles. The second-order valence-corrected chi connectivity index (χ2v) is 5.87. The number of carbonyl (C=O) groups excluding carboxylic acids is 3. The Bertz CT molecular complexity index is 399. The first-order chi connectivity index (χ1) is 12.0. The minimum absolute atomic E-state index is 0.118. The van der Waals surface area contributed by atoms with E-state index in [1.807, 2.05) is 18.7 Å². The Morgan fingerprint density at radius 2 is 1.44 bits per heavy atom. The average molecular weight is 359 g/mol. The van der Waals surface area contributed by atoms with Crippen LogP contribution in [0.5, 0.6) is 0 Å². The molecule has 25 heavy (non-hydrogen) atoms. The Morgan fingerprint density at radius 3 is 1.92 bits per heavy atom. The monoisotopic (exact) mass is 359 g/mol. The molecule has 0 N–H and O–H groups in total. The predicted octanol–water partition coefficient (Wildman–Crippen LogP) is 0.917. The predicted molar refractivity (Wildman–Crippen MR) is 88.9 cm³/mol. The van der Waals surface area contributed by atoms with Gasteiger partial charge in [0, 0.05) is 25.9 Å². The first-order valence-electron chi connectivity index (χ1n) is 8.86. The normalized spacial score (nSPS) is 15.0. The molecule has 0 spiro atoms. The molecule has 144 valence electrons. The van der Waals surface area contributed by atoms with Gasteiger partial charge < -0.3 is 18.9 Å². The molecule has 1 aliphatic rings. The van der Waals surface area contributed by atoms with E-state index in [4.69, 9.17) is 18.9 Å². The van der Waals surface area contributed by atoms with Gasteiger partial charge in [0.1, 0.15) is 13.2 Å². The van der Waals surface area contributed by atoms with Gasteiger partial charge in [-0.05, 0) is 12.8 Å². The van der Waals surface area contributed by atoms with Crippen LogP contribution in [0.25, 0.3) is 0 Å². The SMILES string of the molecule is CCCC(=O)OCC(COC(=O)CCC)OC(=O)CN1CCOCC1. The van der Waals surface area contributed by atoms with Crippen molar-refractivity contribution in [2.24, 2.45) is 0 Å². The number of esters is 3. The Morgan fingerprint density at radius 1 is 0.920 bits per heavy atom. The lowest BCUT2D eigenvalue weighted by Crippen LogP contribution is -2.41. The minimum Gasteiger partial charge on any atom is -0.462 e. The summed E-state index contributed by atoms with van der Waals surface area (Å²) in [5.41, 5.74) is 0. The summed E-state index contributed by atoms with van der Waals surface area (Å²) in [5, 5.41) is 0. The quantitative estimate of drug-likeness (QED) is 0.397. The van der Waals surface area contributed by atoms with Gasteiger partial charge >= 0.3 is 17.9 Å². The average Bonchev–Trinajstić information content (AvgIpc) is 2.58. The van der Waals surface area contributed by atoms with E-state index in [0.29, 0.717) is 52.0 Å². The van der Waals surface area contributed by atoms with Gasteiger partial charge in [-0.2, -0.15) is 0 Å². The minimum atomic E-state index is -0.796. The third-order valence-corrected chi connectivity index (χ3v) is 3.52. The molecule has 0 bridgehead atoms. The topological polar surface area (TPSA) is 91.4 Å². The number of nitrogens with zero attached hydrogens (tertiary/aromatic N) is 1. The second kappa shape index (κ2) is 12.7. The van der Waals surface area contributed by atoms with Crippen LogP contribution in [-0.2, 0) is 33.3 Å². The van der Waals surface area contributed by atoms with Gasteiger partial charge in [0.2, 0.25) is 0 Å². The zero-order chi connectivity index (χ0) is 18.5. The van der Waals surface area contributed by atoms with Gasteiger partial charge in [-0.25, -0.2) is 0 Å². The van der Waals surface area contributed by atoms with E-state index in [9.17, 15) is 14.4 Å². The van der Waals surface area contributed by atoms with Gasteiger partial charge in [0.05, 0.1) is 19.8 Å². The van der Waals surface area contributed by atoms with Crippen molar-refractivity contribution >= 4 is 17.9 Å². The lowest BCUT2D eigenvalue weighted by Gasteiger charge is -2.26. The molecule has 0 aromatic carbocycles. The van der Waals surface area contributed by atoms with Crippen molar-refractivity contribution < 1.29 is 33.3 Å². The highest BCUT2D eigenvalue weighted by Crippen LogP contribution is 2.03. The summed E-state index contributed by atoms with van der Waals surface area (Å²) < 4.78 is 20.7. The van der Waals surface area contributed by atoms with Crippen molar-refractivity contribution in [3.8, 4) is 0 Å². The van der Waals surface area contributed by atoms with Gasteiger partial charge in [0.25, 0.3) is 0 Å². The van der Waals surface area contributed by atoms with Crippen molar-refractivity contribution in [2.45, 2.75) is 45.6 Å². The van der Waals surface area contributed by atoms with Crippen LogP contribution in [0, 0.1) is 0 Å². The number of ether oxygens (including phenoxy) is 4. The molecule has 0 unspecified atom stereocenters. The maximum Gasteiger partial charge on any atom is 0.320 e. The number of rotatable bonds is 11. The maximum absolute atomic E-state index is 12.1. The summed E-state index contributed by atoms with van der Waals surface area (Å²) in [7, 11) is 0. The lowest BCUT2D eigenvalue weighted by molar-refractivity contribution is -0.168. The van der Waals surface area contributed by atoms with Crippen LogP contribution in [0.1, 0.15) is 39.5 Å². The van der Waals surface area contributed by atoms with Gasteiger partial charge in [-0.15, -0.1) is 0 Å². The largest absolute Gasteiger partial charge is 0.462 e. The second-order valence-electron chi connectivity index (χ2n) is 5.87. The molecule has 1 fully saturated rings. The van der Waals surface area contributed by atoms with E-state index < -0.39 is 12.1 Å². The Balaban J connectivity index is 2.45. The molecule has 8 nitrogen and oxygen atoms in total. The fourth-order valence-corrected chi connectivity index (χ4v) is 2.21. The van der Waals surface area contributed by atoms with E-state index in [1.165, 1.54) is 0 Å². The molecule has 1 saturated heterocycles. The molecule has 0 aromatic rings. The zero-order valence-corrected chi connectivity index (χ0v) is 15.2. The van der Waals surface area contributed by atoms with Gasteiger partial charge in [0.15, 0.2) is 6.10 Å². The summed E-state index contributed by atoms with van der Waals surface area (Å²) in [4.78, 5) is 37.0. The van der Waals surface area contributed by atoms with Crippen LogP contribution >= 0.6 is 0 Å². The molecule has 0 radical (unpaired) electrons. The molecular formula is C17H29NO7.